The van der Waals surface area contributed by atoms with Crippen molar-refractivity contribution in [2.45, 2.75) is 117 Å². The first kappa shape index (κ1) is 49.5. The molecule has 340 valence electrons. The number of urea groups is 1. The molecule has 16 atom stereocenters. The molecule has 0 unspecified atom stereocenters. The fraction of sp³-hybridized carbons (Fsp3) is 0.579. The number of para-hydroxylation sites is 2. The molecule has 23 nitrogen and oxygen atoms in total. The van der Waals surface area contributed by atoms with Crippen molar-refractivity contribution in [1.29, 1.82) is 0 Å². The summed E-state index contributed by atoms with van der Waals surface area (Å²) in [6.07, 6.45) is -19.5. The van der Waals surface area contributed by atoms with E-state index < -0.39 is 116 Å². The van der Waals surface area contributed by atoms with Gasteiger partial charge in [-0.15, -0.1) is 0 Å². The molecule has 2 saturated heterocycles. The summed E-state index contributed by atoms with van der Waals surface area (Å²) in [7, 11) is 0. The zero-order valence-electron chi connectivity index (χ0n) is 33.0. The third kappa shape index (κ3) is 11.1. The van der Waals surface area contributed by atoms with Crippen LogP contribution in [0.15, 0.2) is 48.5 Å². The number of hydrogen-bond donors (Lipinski definition) is 14. The van der Waals surface area contributed by atoms with Crippen LogP contribution in [-0.2, 0) is 35.0 Å². The maximum atomic E-state index is 12.6. The SMILES string of the molecule is C=O.NC(=O)N1c2ccccc2CC(=O)c2ccccc21.NCC[C@H](O)C(=O)N[C@@H]1C[C@H](N)[C@@H](O[C@H]2O[C@H](CN)[C@@H](O)[C@H](O)[C@H]2O)[C@H](O)[C@H]1O[C@H]1O[C@H](CO)[C@@H](O)[C@H](N)[C@H]1O. The number of carbonyl (C=O) groups is 4. The Bertz CT molecular complexity index is 1760. The number of ketones is 1. The van der Waals surface area contributed by atoms with Crippen LogP contribution in [0.4, 0.5) is 16.2 Å². The molecule has 3 aliphatic heterocycles. The zero-order valence-corrected chi connectivity index (χ0v) is 33.0. The lowest BCUT2D eigenvalue weighted by Crippen LogP contribution is -2.69. The second kappa shape index (κ2) is 22.3. The molecule has 1 aliphatic carbocycles. The van der Waals surface area contributed by atoms with Crippen molar-refractivity contribution in [2.75, 3.05) is 24.6 Å². The minimum Gasteiger partial charge on any atom is -0.394 e. The van der Waals surface area contributed by atoms with E-state index in [1.165, 1.54) is 4.90 Å². The predicted molar refractivity (Wildman–Crippen MR) is 211 cm³/mol. The standard InChI is InChI=1S/C22H43N5O13.C15H12N2O2.CH2O/c23-2-1-8(29)20(36)27-7-3-6(25)18(39-22-16(34)15(33)13(31)9(4-24)37-22)17(35)19(7)40-21-14(32)11(26)12(30)10(5-28)38-21;16-15(19)17-12-7-3-1-5-10(12)9-14(18)11-6-2-4-8-13(11)17;1-2/h6-19,21-22,28-35H,1-5,23-26H2,(H,27,36);1-8H,9H2,(H2,16,19);1H2/t6-,7+,8-,9+,10+,11-,12+,13+,14+,15-,16+,17-,18+,19-,21+,22+;;/m0../s1. The summed E-state index contributed by atoms with van der Waals surface area (Å²) in [5, 5.41) is 84.9. The van der Waals surface area contributed by atoms with Crippen molar-refractivity contribution in [1.82, 2.24) is 5.32 Å². The number of nitrogens with two attached hydrogens (primary N) is 5. The number of fused-ring (bicyclic) bond motifs is 2. The number of amides is 3. The normalized spacial score (nSPS) is 35.1. The smallest absolute Gasteiger partial charge is 0.323 e. The maximum Gasteiger partial charge on any atom is 0.323 e. The number of hydrogen-bond acceptors (Lipinski definition) is 20. The van der Waals surface area contributed by atoms with Crippen LogP contribution in [-0.4, -0.2) is 183 Å². The number of benzene rings is 2. The quantitative estimate of drug-likeness (QED) is 0.106. The Morgan fingerprint density at radius 3 is 2.03 bits per heavy atom. The summed E-state index contributed by atoms with van der Waals surface area (Å²) in [6, 6.07) is 10.3. The van der Waals surface area contributed by atoms with E-state index in [0.29, 0.717) is 16.9 Å². The van der Waals surface area contributed by atoms with Crippen molar-refractivity contribution in [3.05, 3.63) is 59.7 Å². The van der Waals surface area contributed by atoms with Gasteiger partial charge >= 0.3 is 6.03 Å². The lowest BCUT2D eigenvalue weighted by molar-refractivity contribution is -0.332. The third-order valence-corrected chi connectivity index (χ3v) is 10.8. The molecular formula is C38H57N7O16. The van der Waals surface area contributed by atoms with Gasteiger partial charge in [-0.05, 0) is 43.1 Å². The fourth-order valence-corrected chi connectivity index (χ4v) is 7.49. The number of aliphatic hydroxyl groups excluding tert-OH is 8. The summed E-state index contributed by atoms with van der Waals surface area (Å²) in [4.78, 5) is 46.0. The minimum absolute atomic E-state index is 0.00759. The van der Waals surface area contributed by atoms with Gasteiger partial charge in [-0.25, -0.2) is 4.79 Å². The molecule has 2 aromatic rings. The lowest BCUT2D eigenvalue weighted by Gasteiger charge is -2.49. The Hall–Kier alpha value is -4.12. The van der Waals surface area contributed by atoms with E-state index >= 15 is 0 Å². The Morgan fingerprint density at radius 2 is 1.41 bits per heavy atom. The summed E-state index contributed by atoms with van der Waals surface area (Å²) in [6.45, 7) is 1.10. The number of rotatable bonds is 10. The average molecular weight is 868 g/mol. The summed E-state index contributed by atoms with van der Waals surface area (Å²) in [5.41, 5.74) is 31.1. The van der Waals surface area contributed by atoms with Gasteiger partial charge in [-0.3, -0.25) is 14.5 Å². The number of nitrogens with one attached hydrogen (secondary N) is 1. The van der Waals surface area contributed by atoms with Crippen LogP contribution in [0.25, 0.3) is 0 Å². The van der Waals surface area contributed by atoms with Crippen LogP contribution >= 0.6 is 0 Å². The zero-order chi connectivity index (χ0) is 45.3. The van der Waals surface area contributed by atoms with Crippen molar-refractivity contribution >= 4 is 35.9 Å². The fourth-order valence-electron chi connectivity index (χ4n) is 7.49. The first-order valence-corrected chi connectivity index (χ1v) is 19.3. The summed E-state index contributed by atoms with van der Waals surface area (Å²) >= 11 is 0. The van der Waals surface area contributed by atoms with Gasteiger partial charge in [0.2, 0.25) is 5.91 Å². The largest absolute Gasteiger partial charge is 0.394 e. The van der Waals surface area contributed by atoms with Crippen LogP contribution < -0.4 is 38.9 Å². The highest BCUT2D eigenvalue weighted by Gasteiger charge is 2.52. The Labute approximate surface area is 349 Å². The molecule has 3 amide bonds. The lowest BCUT2D eigenvalue weighted by atomic mass is 9.83. The van der Waals surface area contributed by atoms with Crippen LogP contribution in [0.3, 0.4) is 0 Å². The van der Waals surface area contributed by atoms with Crippen molar-refractivity contribution < 1.29 is 79.0 Å². The van der Waals surface area contributed by atoms with Crippen LogP contribution in [0.2, 0.25) is 0 Å². The number of nitrogens with zero attached hydrogens (tertiary/aromatic N) is 1. The molecule has 61 heavy (non-hydrogen) atoms. The number of Topliss-reactive ketones (excluding diaryl/α,β-unsaturated/α-hetero) is 1. The number of ether oxygens (including phenoxy) is 4. The minimum atomic E-state index is -1.76. The molecule has 3 fully saturated rings. The molecule has 6 rings (SSSR count). The van der Waals surface area contributed by atoms with Gasteiger partial charge in [-0.2, -0.15) is 0 Å². The van der Waals surface area contributed by atoms with Gasteiger partial charge in [0, 0.05) is 24.6 Å². The van der Waals surface area contributed by atoms with Crippen LogP contribution in [0, 0.1) is 0 Å². The van der Waals surface area contributed by atoms with Crippen LogP contribution in [0.1, 0.15) is 28.8 Å². The Balaban J connectivity index is 0.000000322. The van der Waals surface area contributed by atoms with Crippen molar-refractivity contribution in [3.8, 4) is 0 Å². The van der Waals surface area contributed by atoms with Gasteiger partial charge in [0.05, 0.1) is 30.1 Å². The van der Waals surface area contributed by atoms with E-state index in [2.05, 4.69) is 5.32 Å². The molecule has 4 aliphatic rings. The highest BCUT2D eigenvalue weighted by molar-refractivity contribution is 6.11. The topological polar surface area (TPSA) is 412 Å². The molecule has 3 heterocycles. The Kier molecular flexibility index (Phi) is 18.1. The molecule has 0 bridgehead atoms. The molecule has 19 N–H and O–H groups in total. The summed E-state index contributed by atoms with van der Waals surface area (Å²) in [5.74, 6) is -0.853. The van der Waals surface area contributed by atoms with E-state index in [-0.39, 0.29) is 38.1 Å². The van der Waals surface area contributed by atoms with E-state index in [1.807, 2.05) is 25.0 Å². The van der Waals surface area contributed by atoms with Crippen LogP contribution in [0.5, 0.6) is 0 Å². The predicted octanol–water partition coefficient (Wildman–Crippen LogP) is -5.97. The van der Waals surface area contributed by atoms with E-state index in [0.717, 1.165) is 5.56 Å². The van der Waals surface area contributed by atoms with Gasteiger partial charge in [0.1, 0.15) is 73.9 Å². The third-order valence-electron chi connectivity index (χ3n) is 10.8. The van der Waals surface area contributed by atoms with Crippen molar-refractivity contribution in [2.24, 2.45) is 28.7 Å². The molecule has 23 heteroatoms. The monoisotopic (exact) mass is 867 g/mol. The highest BCUT2D eigenvalue weighted by atomic mass is 16.7. The molecule has 0 spiro atoms. The van der Waals surface area contributed by atoms with Gasteiger partial charge in [0.15, 0.2) is 18.4 Å². The van der Waals surface area contributed by atoms with Gasteiger partial charge < -0.3 is 98.6 Å². The van der Waals surface area contributed by atoms with E-state index in [1.54, 1.807) is 30.3 Å². The van der Waals surface area contributed by atoms with E-state index in [9.17, 15) is 55.2 Å². The summed E-state index contributed by atoms with van der Waals surface area (Å²) < 4.78 is 22.5. The Morgan fingerprint density at radius 1 is 0.820 bits per heavy atom. The first-order chi connectivity index (χ1) is 29.0. The average Bonchev–Trinajstić information content (AvgIpc) is 3.38. The van der Waals surface area contributed by atoms with E-state index in [4.69, 9.17) is 52.4 Å². The number of anilines is 2. The molecule has 0 radical (unpaired) electrons. The molecule has 2 aromatic carbocycles. The van der Waals surface area contributed by atoms with Gasteiger partial charge in [-0.1, -0.05) is 30.3 Å². The molecule has 0 aromatic heterocycles. The number of carbonyl (C=O) groups excluding carboxylic acids is 4. The molecule has 1 saturated carbocycles. The molecular weight excluding hydrogens is 810 g/mol. The maximum absolute atomic E-state index is 12.6. The second-order valence-electron chi connectivity index (χ2n) is 14.8. The first-order valence-electron chi connectivity index (χ1n) is 19.3. The number of primary amides is 1. The highest BCUT2D eigenvalue weighted by Crippen LogP contribution is 2.36. The van der Waals surface area contributed by atoms with Gasteiger partial charge in [0.25, 0.3) is 0 Å². The number of aliphatic hydroxyl groups is 8. The van der Waals surface area contributed by atoms with Crippen molar-refractivity contribution in [3.63, 3.8) is 0 Å². The second-order valence-corrected chi connectivity index (χ2v) is 14.8.